The van der Waals surface area contributed by atoms with Gasteiger partial charge in [-0.3, -0.25) is 4.79 Å². The predicted octanol–water partition coefficient (Wildman–Crippen LogP) is 1.77. The molecular weight excluding hydrogens is 232 g/mol. The van der Waals surface area contributed by atoms with Crippen molar-refractivity contribution in [2.75, 3.05) is 13.7 Å². The van der Waals surface area contributed by atoms with Gasteiger partial charge in [0.05, 0.1) is 7.11 Å². The number of carbonyl (C=O) groups is 2. The van der Waals surface area contributed by atoms with Crippen LogP contribution >= 0.6 is 0 Å². The van der Waals surface area contributed by atoms with Crippen LogP contribution in [0.4, 0.5) is 4.79 Å². The fourth-order valence-electron chi connectivity index (χ4n) is 2.43. The fraction of sp³-hybridized carbons (Fsp3) is 0.846. The molecule has 1 aliphatic heterocycles. The first-order chi connectivity index (χ1) is 8.51. The summed E-state index contributed by atoms with van der Waals surface area (Å²) in [5.74, 6) is 0.0643. The SMILES string of the molecule is CCC1CCCN1C(=O)C(NC(=O)OC)C(C)C. The molecule has 1 fully saturated rings. The minimum absolute atomic E-state index is 0.0137. The summed E-state index contributed by atoms with van der Waals surface area (Å²) >= 11 is 0. The van der Waals surface area contributed by atoms with Gasteiger partial charge in [-0.1, -0.05) is 20.8 Å². The Bertz CT molecular complexity index is 305. The molecule has 1 N–H and O–H groups in total. The molecule has 18 heavy (non-hydrogen) atoms. The number of alkyl carbamates (subject to hydrolysis) is 1. The van der Waals surface area contributed by atoms with Crippen LogP contribution in [0.2, 0.25) is 0 Å². The minimum Gasteiger partial charge on any atom is -0.453 e. The van der Waals surface area contributed by atoms with Crippen LogP contribution in [0.25, 0.3) is 0 Å². The first-order valence-electron chi connectivity index (χ1n) is 6.66. The topological polar surface area (TPSA) is 58.6 Å². The van der Waals surface area contributed by atoms with Gasteiger partial charge in [0.15, 0.2) is 0 Å². The average molecular weight is 256 g/mol. The number of carbonyl (C=O) groups excluding carboxylic acids is 2. The van der Waals surface area contributed by atoms with E-state index in [2.05, 4.69) is 17.0 Å². The third kappa shape index (κ3) is 3.37. The molecule has 0 aliphatic carbocycles. The van der Waals surface area contributed by atoms with Crippen LogP contribution in [-0.2, 0) is 9.53 Å². The molecule has 0 aromatic carbocycles. The van der Waals surface area contributed by atoms with E-state index in [9.17, 15) is 9.59 Å². The number of likely N-dealkylation sites (tertiary alicyclic amines) is 1. The summed E-state index contributed by atoms with van der Waals surface area (Å²) in [5.41, 5.74) is 0. The van der Waals surface area contributed by atoms with Gasteiger partial charge in [0.1, 0.15) is 6.04 Å². The molecule has 2 atom stereocenters. The van der Waals surface area contributed by atoms with Gasteiger partial charge in [-0.2, -0.15) is 0 Å². The first-order valence-corrected chi connectivity index (χ1v) is 6.66. The van der Waals surface area contributed by atoms with E-state index in [4.69, 9.17) is 0 Å². The van der Waals surface area contributed by atoms with E-state index in [0.29, 0.717) is 6.04 Å². The van der Waals surface area contributed by atoms with E-state index in [1.807, 2.05) is 18.7 Å². The largest absolute Gasteiger partial charge is 0.453 e. The maximum absolute atomic E-state index is 12.5. The molecule has 0 spiro atoms. The van der Waals surface area contributed by atoms with E-state index in [-0.39, 0.29) is 11.8 Å². The number of hydrogen-bond acceptors (Lipinski definition) is 3. The summed E-state index contributed by atoms with van der Waals surface area (Å²) in [6.07, 6.45) is 2.53. The monoisotopic (exact) mass is 256 g/mol. The maximum Gasteiger partial charge on any atom is 0.407 e. The van der Waals surface area contributed by atoms with Crippen molar-refractivity contribution in [1.82, 2.24) is 10.2 Å². The number of amides is 2. The zero-order valence-corrected chi connectivity index (χ0v) is 11.7. The highest BCUT2D eigenvalue weighted by Gasteiger charge is 2.34. The second-order valence-corrected chi connectivity index (χ2v) is 5.09. The molecule has 0 aromatic rings. The molecule has 2 unspecified atom stereocenters. The van der Waals surface area contributed by atoms with E-state index >= 15 is 0 Å². The predicted molar refractivity (Wildman–Crippen MR) is 69.2 cm³/mol. The van der Waals surface area contributed by atoms with Crippen LogP contribution in [0, 0.1) is 5.92 Å². The van der Waals surface area contributed by atoms with Gasteiger partial charge in [0.2, 0.25) is 5.91 Å². The Morgan fingerprint density at radius 3 is 2.61 bits per heavy atom. The van der Waals surface area contributed by atoms with Crippen molar-refractivity contribution in [2.45, 2.75) is 52.1 Å². The van der Waals surface area contributed by atoms with Crippen LogP contribution in [-0.4, -0.2) is 42.6 Å². The molecule has 5 nitrogen and oxygen atoms in total. The summed E-state index contributed by atoms with van der Waals surface area (Å²) in [4.78, 5) is 25.7. The van der Waals surface area contributed by atoms with Gasteiger partial charge in [-0.15, -0.1) is 0 Å². The van der Waals surface area contributed by atoms with Gasteiger partial charge < -0.3 is 15.0 Å². The molecule has 2 amide bonds. The summed E-state index contributed by atoms with van der Waals surface area (Å²) in [7, 11) is 1.31. The Hall–Kier alpha value is -1.26. The highest BCUT2D eigenvalue weighted by atomic mass is 16.5. The Balaban J connectivity index is 2.73. The van der Waals surface area contributed by atoms with Crippen molar-refractivity contribution < 1.29 is 14.3 Å². The Labute approximate surface area is 109 Å². The number of nitrogens with one attached hydrogen (secondary N) is 1. The minimum atomic E-state index is -0.547. The van der Waals surface area contributed by atoms with E-state index in [0.717, 1.165) is 25.8 Å². The molecule has 1 rings (SSSR count). The van der Waals surface area contributed by atoms with Crippen molar-refractivity contribution in [3.05, 3.63) is 0 Å². The average Bonchev–Trinajstić information content (AvgIpc) is 2.82. The van der Waals surface area contributed by atoms with Gasteiger partial charge in [-0.25, -0.2) is 4.79 Å². The van der Waals surface area contributed by atoms with Gasteiger partial charge in [0, 0.05) is 12.6 Å². The number of hydrogen-bond donors (Lipinski definition) is 1. The summed E-state index contributed by atoms with van der Waals surface area (Å²) in [5, 5.41) is 2.64. The van der Waals surface area contributed by atoms with Crippen molar-refractivity contribution in [1.29, 1.82) is 0 Å². The van der Waals surface area contributed by atoms with Crippen molar-refractivity contribution in [2.24, 2.45) is 5.92 Å². The highest BCUT2D eigenvalue weighted by molar-refractivity contribution is 5.86. The molecule has 0 bridgehead atoms. The Morgan fingerprint density at radius 1 is 1.44 bits per heavy atom. The smallest absolute Gasteiger partial charge is 0.407 e. The molecule has 0 radical (unpaired) electrons. The molecule has 0 aromatic heterocycles. The molecule has 104 valence electrons. The summed E-state index contributed by atoms with van der Waals surface area (Å²) < 4.78 is 4.58. The normalized spacial score (nSPS) is 20.9. The van der Waals surface area contributed by atoms with Gasteiger partial charge >= 0.3 is 6.09 Å². The zero-order chi connectivity index (χ0) is 13.7. The van der Waals surface area contributed by atoms with E-state index in [1.54, 1.807) is 0 Å². The zero-order valence-electron chi connectivity index (χ0n) is 11.7. The molecule has 1 aliphatic rings. The number of methoxy groups -OCH3 is 1. The van der Waals surface area contributed by atoms with Crippen LogP contribution < -0.4 is 5.32 Å². The third-order valence-electron chi connectivity index (χ3n) is 3.52. The van der Waals surface area contributed by atoms with Crippen molar-refractivity contribution in [3.63, 3.8) is 0 Å². The second kappa shape index (κ2) is 6.61. The third-order valence-corrected chi connectivity index (χ3v) is 3.52. The lowest BCUT2D eigenvalue weighted by Crippen LogP contribution is -2.52. The van der Waals surface area contributed by atoms with Crippen LogP contribution in [0.5, 0.6) is 0 Å². The molecule has 1 heterocycles. The van der Waals surface area contributed by atoms with Gasteiger partial charge in [0.25, 0.3) is 0 Å². The molecule has 5 heteroatoms. The van der Waals surface area contributed by atoms with Crippen LogP contribution in [0.15, 0.2) is 0 Å². The fourth-order valence-corrected chi connectivity index (χ4v) is 2.43. The van der Waals surface area contributed by atoms with E-state index in [1.165, 1.54) is 7.11 Å². The lowest BCUT2D eigenvalue weighted by Gasteiger charge is -2.30. The second-order valence-electron chi connectivity index (χ2n) is 5.09. The van der Waals surface area contributed by atoms with Crippen molar-refractivity contribution in [3.8, 4) is 0 Å². The van der Waals surface area contributed by atoms with Crippen LogP contribution in [0.1, 0.15) is 40.0 Å². The van der Waals surface area contributed by atoms with Crippen LogP contribution in [0.3, 0.4) is 0 Å². The highest BCUT2D eigenvalue weighted by Crippen LogP contribution is 2.22. The Morgan fingerprint density at radius 2 is 2.11 bits per heavy atom. The lowest BCUT2D eigenvalue weighted by molar-refractivity contribution is -0.135. The standard InChI is InChI=1S/C13H24N2O3/c1-5-10-7-6-8-15(10)12(16)11(9(2)3)14-13(17)18-4/h9-11H,5-8H2,1-4H3,(H,14,17). The molecular formula is C13H24N2O3. The van der Waals surface area contributed by atoms with Crippen molar-refractivity contribution >= 4 is 12.0 Å². The first kappa shape index (κ1) is 14.8. The number of nitrogens with zero attached hydrogens (tertiary/aromatic N) is 1. The number of rotatable bonds is 4. The maximum atomic E-state index is 12.5. The molecule has 1 saturated heterocycles. The summed E-state index contributed by atoms with van der Waals surface area (Å²) in [6, 6.07) is -0.178. The number of ether oxygens (including phenoxy) is 1. The lowest BCUT2D eigenvalue weighted by atomic mass is 10.0. The Kier molecular flexibility index (Phi) is 5.44. The van der Waals surface area contributed by atoms with Gasteiger partial charge in [-0.05, 0) is 25.2 Å². The van der Waals surface area contributed by atoms with E-state index < -0.39 is 12.1 Å². The summed E-state index contributed by atoms with van der Waals surface area (Å²) in [6.45, 7) is 6.74. The molecule has 0 saturated carbocycles. The quantitative estimate of drug-likeness (QED) is 0.834.